The number of hydrogen-bond donors (Lipinski definition) is 2. The zero-order chi connectivity index (χ0) is 16.4. The van der Waals surface area contributed by atoms with Gasteiger partial charge in [-0.2, -0.15) is 0 Å². The number of hydrogen-bond acceptors (Lipinski definition) is 5. The van der Waals surface area contributed by atoms with Gasteiger partial charge >= 0.3 is 5.97 Å². The Bertz CT molecular complexity index is 709. The third kappa shape index (κ3) is 3.66. The fourth-order valence-corrected chi connectivity index (χ4v) is 3.93. The van der Waals surface area contributed by atoms with Gasteiger partial charge < -0.3 is 10.4 Å². The van der Waals surface area contributed by atoms with Crippen LogP contribution in [-0.2, 0) is 4.79 Å². The monoisotopic (exact) mass is 358 g/mol. The number of thiazole rings is 1. The van der Waals surface area contributed by atoms with Gasteiger partial charge in [-0.3, -0.25) is 4.79 Å². The summed E-state index contributed by atoms with van der Waals surface area (Å²) in [4.78, 5) is 29.2. The Hall–Kier alpha value is -1.44. The first-order valence-corrected chi connectivity index (χ1v) is 8.57. The minimum atomic E-state index is -1.05. The molecule has 0 radical (unpaired) electrons. The van der Waals surface area contributed by atoms with Gasteiger partial charge in [0.05, 0.1) is 14.9 Å². The van der Waals surface area contributed by atoms with Crippen molar-refractivity contribution in [1.29, 1.82) is 0 Å². The Balaban J connectivity index is 2.24. The van der Waals surface area contributed by atoms with Crippen LogP contribution in [0.4, 0.5) is 0 Å². The number of nitrogens with one attached hydrogen (secondary N) is 1. The average Bonchev–Trinajstić information content (AvgIpc) is 3.01. The first-order chi connectivity index (χ1) is 10.3. The predicted octanol–water partition coefficient (Wildman–Crippen LogP) is 3.67. The molecular formula is C14H15ClN2O3S2. The maximum Gasteiger partial charge on any atom is 0.326 e. The average molecular weight is 359 g/mol. The van der Waals surface area contributed by atoms with Crippen LogP contribution in [-0.4, -0.2) is 28.0 Å². The van der Waals surface area contributed by atoms with Gasteiger partial charge in [-0.1, -0.05) is 25.4 Å². The van der Waals surface area contributed by atoms with E-state index in [0.29, 0.717) is 19.9 Å². The highest BCUT2D eigenvalue weighted by atomic mass is 35.5. The summed E-state index contributed by atoms with van der Waals surface area (Å²) in [5, 5.41) is 12.4. The third-order valence-electron chi connectivity index (χ3n) is 3.01. The highest BCUT2D eigenvalue weighted by molar-refractivity contribution is 7.24. The van der Waals surface area contributed by atoms with Gasteiger partial charge in [0.25, 0.3) is 5.91 Å². The first kappa shape index (κ1) is 16.9. The quantitative estimate of drug-likeness (QED) is 0.854. The van der Waals surface area contributed by atoms with E-state index in [4.69, 9.17) is 16.7 Å². The highest BCUT2D eigenvalue weighted by Gasteiger charge is 2.26. The van der Waals surface area contributed by atoms with Crippen molar-refractivity contribution in [3.63, 3.8) is 0 Å². The second kappa shape index (κ2) is 6.76. The van der Waals surface area contributed by atoms with Crippen LogP contribution in [0, 0.1) is 12.8 Å². The van der Waals surface area contributed by atoms with Gasteiger partial charge in [0.1, 0.15) is 15.9 Å². The summed E-state index contributed by atoms with van der Waals surface area (Å²) >= 11 is 8.53. The summed E-state index contributed by atoms with van der Waals surface area (Å²) in [7, 11) is 0. The van der Waals surface area contributed by atoms with Crippen LogP contribution in [0.3, 0.4) is 0 Å². The van der Waals surface area contributed by atoms with Crippen molar-refractivity contribution in [2.24, 2.45) is 5.92 Å². The molecule has 0 saturated heterocycles. The Morgan fingerprint density at radius 3 is 2.50 bits per heavy atom. The maximum atomic E-state index is 12.3. The second-order valence-corrected chi connectivity index (χ2v) is 7.78. The van der Waals surface area contributed by atoms with Crippen LogP contribution in [0.5, 0.6) is 0 Å². The Kier molecular flexibility index (Phi) is 5.20. The standard InChI is InChI=1S/C14H15ClN2O3S2/c1-6(2)10(14(19)20)17-12(18)11-7(3)16-13(22-11)8-4-5-9(15)21-8/h4-6,10H,1-3H3,(H,17,18)(H,19,20). The van der Waals surface area contributed by atoms with E-state index in [1.54, 1.807) is 26.8 Å². The van der Waals surface area contributed by atoms with Crippen LogP contribution >= 0.6 is 34.3 Å². The molecule has 0 aliphatic rings. The van der Waals surface area contributed by atoms with Crippen LogP contribution < -0.4 is 5.32 Å². The van der Waals surface area contributed by atoms with Crippen molar-refractivity contribution in [3.8, 4) is 9.88 Å². The van der Waals surface area contributed by atoms with Crippen molar-refractivity contribution in [3.05, 3.63) is 27.0 Å². The summed E-state index contributed by atoms with van der Waals surface area (Å²) in [5.41, 5.74) is 0.579. The fraction of sp³-hybridized carbons (Fsp3) is 0.357. The van der Waals surface area contributed by atoms with Crippen molar-refractivity contribution in [2.75, 3.05) is 0 Å². The topological polar surface area (TPSA) is 79.3 Å². The number of carbonyl (C=O) groups excluding carboxylic acids is 1. The Morgan fingerprint density at radius 2 is 2.00 bits per heavy atom. The molecule has 22 heavy (non-hydrogen) atoms. The molecule has 2 aromatic heterocycles. The van der Waals surface area contributed by atoms with Crippen LogP contribution in [0.25, 0.3) is 9.88 Å². The summed E-state index contributed by atoms with van der Waals surface area (Å²) in [5.74, 6) is -1.66. The summed E-state index contributed by atoms with van der Waals surface area (Å²) in [6, 6.07) is 2.70. The lowest BCUT2D eigenvalue weighted by Crippen LogP contribution is -2.44. The lowest BCUT2D eigenvalue weighted by molar-refractivity contribution is -0.140. The molecule has 1 amide bonds. The van der Waals surface area contributed by atoms with Crippen LogP contribution in [0.2, 0.25) is 4.34 Å². The lowest BCUT2D eigenvalue weighted by Gasteiger charge is -2.17. The molecule has 8 heteroatoms. The molecule has 5 nitrogen and oxygen atoms in total. The highest BCUT2D eigenvalue weighted by Crippen LogP contribution is 2.34. The fourth-order valence-electron chi connectivity index (χ4n) is 1.86. The van der Waals surface area contributed by atoms with E-state index >= 15 is 0 Å². The van der Waals surface area contributed by atoms with E-state index in [9.17, 15) is 9.59 Å². The predicted molar refractivity (Wildman–Crippen MR) is 88.9 cm³/mol. The molecule has 0 saturated carbocycles. The van der Waals surface area contributed by atoms with Gasteiger partial charge in [-0.15, -0.1) is 22.7 Å². The molecule has 0 fully saturated rings. The van der Waals surface area contributed by atoms with E-state index in [1.807, 2.05) is 6.07 Å². The number of thiophene rings is 1. The molecule has 2 rings (SSSR count). The molecule has 2 N–H and O–H groups in total. The number of carboxylic acids is 1. The normalized spacial score (nSPS) is 12.4. The smallest absolute Gasteiger partial charge is 0.326 e. The van der Waals surface area contributed by atoms with Gasteiger partial charge in [0, 0.05) is 0 Å². The molecule has 1 unspecified atom stereocenters. The van der Waals surface area contributed by atoms with Gasteiger partial charge in [0.15, 0.2) is 0 Å². The SMILES string of the molecule is Cc1nc(-c2ccc(Cl)s2)sc1C(=O)NC(C(=O)O)C(C)C. The van der Waals surface area contributed by atoms with Crippen molar-refractivity contribution in [1.82, 2.24) is 10.3 Å². The Labute approximate surface area is 141 Å². The molecular weight excluding hydrogens is 344 g/mol. The minimum Gasteiger partial charge on any atom is -0.480 e. The van der Waals surface area contributed by atoms with Gasteiger partial charge in [-0.05, 0) is 25.0 Å². The van der Waals surface area contributed by atoms with Crippen LogP contribution in [0.1, 0.15) is 29.2 Å². The number of carbonyl (C=O) groups is 2. The van der Waals surface area contributed by atoms with E-state index < -0.39 is 17.9 Å². The van der Waals surface area contributed by atoms with Gasteiger partial charge in [0.2, 0.25) is 0 Å². The van der Waals surface area contributed by atoms with Crippen molar-refractivity contribution in [2.45, 2.75) is 26.8 Å². The number of carboxylic acid groups (broad SMARTS) is 1. The largest absolute Gasteiger partial charge is 0.480 e. The summed E-state index contributed by atoms with van der Waals surface area (Å²) < 4.78 is 0.652. The van der Waals surface area contributed by atoms with Crippen LogP contribution in [0.15, 0.2) is 12.1 Å². The number of aromatic nitrogens is 1. The van der Waals surface area contributed by atoms with E-state index in [1.165, 1.54) is 22.7 Å². The van der Waals surface area contributed by atoms with E-state index in [-0.39, 0.29) is 5.92 Å². The molecule has 1 atom stereocenters. The van der Waals surface area contributed by atoms with E-state index in [2.05, 4.69) is 10.3 Å². The molecule has 118 valence electrons. The Morgan fingerprint density at radius 1 is 1.32 bits per heavy atom. The summed E-state index contributed by atoms with van der Waals surface area (Å²) in [6.07, 6.45) is 0. The van der Waals surface area contributed by atoms with Crippen molar-refractivity contribution >= 4 is 46.2 Å². The number of nitrogens with zero attached hydrogens (tertiary/aromatic N) is 1. The van der Waals surface area contributed by atoms with Gasteiger partial charge in [-0.25, -0.2) is 9.78 Å². The molecule has 0 spiro atoms. The molecule has 0 aliphatic carbocycles. The maximum absolute atomic E-state index is 12.3. The number of rotatable bonds is 5. The molecule has 2 aromatic rings. The molecule has 2 heterocycles. The summed E-state index contributed by atoms with van der Waals surface area (Å²) in [6.45, 7) is 5.23. The minimum absolute atomic E-state index is 0.203. The third-order valence-corrected chi connectivity index (χ3v) is 5.56. The van der Waals surface area contributed by atoms with Crippen molar-refractivity contribution < 1.29 is 14.7 Å². The number of amides is 1. The molecule has 0 aliphatic heterocycles. The molecule has 0 bridgehead atoms. The van der Waals surface area contributed by atoms with E-state index in [0.717, 1.165) is 4.88 Å². The zero-order valence-electron chi connectivity index (χ0n) is 12.2. The number of aryl methyl sites for hydroxylation is 1. The zero-order valence-corrected chi connectivity index (χ0v) is 14.6. The number of aliphatic carboxylic acids is 1. The number of halogens is 1. The first-order valence-electron chi connectivity index (χ1n) is 6.56. The second-order valence-electron chi connectivity index (χ2n) is 5.07. The lowest BCUT2D eigenvalue weighted by atomic mass is 10.0. The molecule has 0 aromatic carbocycles.